The van der Waals surface area contributed by atoms with E-state index in [9.17, 15) is 4.79 Å². The SMILES string of the molecule is CN1CCC(N(C)C(=O)NC(c2ccc(Cl)cc2)c2cccnc2)CC1. The third kappa shape index (κ3) is 4.54. The topological polar surface area (TPSA) is 48.5 Å². The second-order valence-corrected chi connectivity index (χ2v) is 7.30. The van der Waals surface area contributed by atoms with E-state index in [0.29, 0.717) is 5.02 Å². The molecule has 1 aliphatic rings. The highest BCUT2D eigenvalue weighted by Crippen LogP contribution is 2.24. The number of likely N-dealkylation sites (tertiary alicyclic amines) is 1. The number of aromatic nitrogens is 1. The minimum Gasteiger partial charge on any atom is -0.327 e. The van der Waals surface area contributed by atoms with Gasteiger partial charge in [-0.3, -0.25) is 4.98 Å². The van der Waals surface area contributed by atoms with Crippen LogP contribution in [0.2, 0.25) is 5.02 Å². The average Bonchev–Trinajstić information content (AvgIpc) is 2.67. The number of hydrogen-bond donors (Lipinski definition) is 1. The maximum absolute atomic E-state index is 12.9. The van der Waals surface area contributed by atoms with Crippen LogP contribution in [0.3, 0.4) is 0 Å². The summed E-state index contributed by atoms with van der Waals surface area (Å²) in [6, 6.07) is 11.4. The first-order chi connectivity index (χ1) is 12.5. The highest BCUT2D eigenvalue weighted by molar-refractivity contribution is 6.30. The van der Waals surface area contributed by atoms with Gasteiger partial charge in [-0.1, -0.05) is 29.8 Å². The molecule has 0 bridgehead atoms. The number of rotatable bonds is 4. The lowest BCUT2D eigenvalue weighted by Crippen LogP contribution is -2.49. The van der Waals surface area contributed by atoms with Gasteiger partial charge in [-0.2, -0.15) is 0 Å². The summed E-state index contributed by atoms with van der Waals surface area (Å²) in [5.41, 5.74) is 1.92. The van der Waals surface area contributed by atoms with Crippen molar-refractivity contribution in [3.05, 3.63) is 64.9 Å². The number of carbonyl (C=O) groups excluding carboxylic acids is 1. The maximum Gasteiger partial charge on any atom is 0.318 e. The molecule has 1 aromatic heterocycles. The molecule has 0 aliphatic carbocycles. The first kappa shape index (κ1) is 18.7. The van der Waals surface area contributed by atoms with E-state index in [1.165, 1.54) is 0 Å². The van der Waals surface area contributed by atoms with Crippen LogP contribution >= 0.6 is 11.6 Å². The van der Waals surface area contributed by atoms with Gasteiger partial charge in [0.15, 0.2) is 0 Å². The van der Waals surface area contributed by atoms with Crippen molar-refractivity contribution in [3.63, 3.8) is 0 Å². The van der Waals surface area contributed by atoms with Gasteiger partial charge in [0.05, 0.1) is 6.04 Å². The summed E-state index contributed by atoms with van der Waals surface area (Å²) in [5, 5.41) is 3.84. The molecule has 0 saturated carbocycles. The fourth-order valence-electron chi connectivity index (χ4n) is 3.33. The predicted molar refractivity (Wildman–Crippen MR) is 104 cm³/mol. The number of urea groups is 1. The number of nitrogens with one attached hydrogen (secondary N) is 1. The summed E-state index contributed by atoms with van der Waals surface area (Å²) in [6.07, 6.45) is 5.52. The number of halogens is 1. The number of pyridine rings is 1. The van der Waals surface area contributed by atoms with Gasteiger partial charge in [0, 0.05) is 30.5 Å². The van der Waals surface area contributed by atoms with Gasteiger partial charge in [-0.05, 0) is 62.3 Å². The van der Waals surface area contributed by atoms with Gasteiger partial charge in [0.1, 0.15) is 0 Å². The van der Waals surface area contributed by atoms with Gasteiger partial charge in [0.2, 0.25) is 0 Å². The molecule has 0 radical (unpaired) electrons. The molecular weight excluding hydrogens is 348 g/mol. The van der Waals surface area contributed by atoms with Crippen LogP contribution in [0.25, 0.3) is 0 Å². The molecular formula is C20H25ClN4O. The zero-order chi connectivity index (χ0) is 18.5. The minimum atomic E-state index is -0.262. The molecule has 1 fully saturated rings. The largest absolute Gasteiger partial charge is 0.327 e. The van der Waals surface area contributed by atoms with Crippen LogP contribution < -0.4 is 5.32 Å². The highest BCUT2D eigenvalue weighted by atomic mass is 35.5. The second-order valence-electron chi connectivity index (χ2n) is 6.87. The van der Waals surface area contributed by atoms with Crippen molar-refractivity contribution in [2.24, 2.45) is 0 Å². The Morgan fingerprint density at radius 2 is 1.92 bits per heavy atom. The molecule has 1 atom stereocenters. The minimum absolute atomic E-state index is 0.0663. The third-order valence-electron chi connectivity index (χ3n) is 5.05. The van der Waals surface area contributed by atoms with Crippen molar-refractivity contribution < 1.29 is 4.79 Å². The Morgan fingerprint density at radius 1 is 1.23 bits per heavy atom. The number of benzene rings is 1. The summed E-state index contributed by atoms with van der Waals surface area (Å²) >= 11 is 6.02. The van der Waals surface area contributed by atoms with Crippen molar-refractivity contribution in [3.8, 4) is 0 Å². The molecule has 26 heavy (non-hydrogen) atoms. The molecule has 3 rings (SSSR count). The Hall–Kier alpha value is -2.11. The van der Waals surface area contributed by atoms with Crippen molar-refractivity contribution in [1.82, 2.24) is 20.1 Å². The number of nitrogens with zero attached hydrogens (tertiary/aromatic N) is 3. The van der Waals surface area contributed by atoms with Gasteiger partial charge in [-0.15, -0.1) is 0 Å². The zero-order valence-electron chi connectivity index (χ0n) is 15.2. The molecule has 1 saturated heterocycles. The van der Waals surface area contributed by atoms with E-state index in [2.05, 4.69) is 22.2 Å². The van der Waals surface area contributed by atoms with Gasteiger partial charge < -0.3 is 15.1 Å². The van der Waals surface area contributed by atoms with Gasteiger partial charge in [0.25, 0.3) is 0 Å². The smallest absolute Gasteiger partial charge is 0.318 e. The summed E-state index contributed by atoms with van der Waals surface area (Å²) in [4.78, 5) is 21.2. The van der Waals surface area contributed by atoms with E-state index in [-0.39, 0.29) is 18.1 Å². The van der Waals surface area contributed by atoms with E-state index in [1.54, 1.807) is 12.4 Å². The van der Waals surface area contributed by atoms with E-state index >= 15 is 0 Å². The summed E-state index contributed by atoms with van der Waals surface area (Å²) in [6.45, 7) is 2.04. The summed E-state index contributed by atoms with van der Waals surface area (Å²) < 4.78 is 0. The maximum atomic E-state index is 12.9. The van der Waals surface area contributed by atoms with Crippen LogP contribution in [0.4, 0.5) is 4.79 Å². The average molecular weight is 373 g/mol. The molecule has 2 heterocycles. The quantitative estimate of drug-likeness (QED) is 0.892. The molecule has 1 aromatic carbocycles. The Labute approximate surface area is 160 Å². The second kappa shape index (κ2) is 8.52. The molecule has 1 N–H and O–H groups in total. The fourth-order valence-corrected chi connectivity index (χ4v) is 3.46. The predicted octanol–water partition coefficient (Wildman–Crippen LogP) is 3.56. The van der Waals surface area contributed by atoms with Crippen LogP contribution in [0, 0.1) is 0 Å². The standard InChI is InChI=1S/C20H25ClN4O/c1-24-12-9-18(10-13-24)25(2)20(26)23-19(16-4-3-11-22-14-16)15-5-7-17(21)8-6-15/h3-8,11,14,18-19H,9-10,12-13H2,1-2H3,(H,23,26). The van der Waals surface area contributed by atoms with E-state index in [4.69, 9.17) is 11.6 Å². The van der Waals surface area contributed by atoms with Crippen LogP contribution in [-0.2, 0) is 0 Å². The molecule has 2 aromatic rings. The van der Waals surface area contributed by atoms with Crippen molar-refractivity contribution in [2.45, 2.75) is 24.9 Å². The summed E-state index contributed by atoms with van der Waals surface area (Å²) in [7, 11) is 4.00. The van der Waals surface area contributed by atoms with Gasteiger partial charge in [-0.25, -0.2) is 4.79 Å². The number of hydrogen-bond acceptors (Lipinski definition) is 3. The highest BCUT2D eigenvalue weighted by Gasteiger charge is 2.26. The van der Waals surface area contributed by atoms with E-state index in [0.717, 1.165) is 37.1 Å². The molecule has 1 unspecified atom stereocenters. The van der Waals surface area contributed by atoms with Crippen LogP contribution in [-0.4, -0.2) is 54.0 Å². The van der Waals surface area contributed by atoms with Crippen LogP contribution in [0.1, 0.15) is 30.0 Å². The Balaban J connectivity index is 1.77. The lowest BCUT2D eigenvalue weighted by molar-refractivity contribution is 0.146. The number of amides is 2. The fraction of sp³-hybridized carbons (Fsp3) is 0.400. The lowest BCUT2D eigenvalue weighted by Gasteiger charge is -2.36. The normalized spacial score (nSPS) is 16.9. The lowest BCUT2D eigenvalue weighted by atomic mass is 10.00. The zero-order valence-corrected chi connectivity index (χ0v) is 16.0. The van der Waals surface area contributed by atoms with Crippen molar-refractivity contribution >= 4 is 17.6 Å². The number of carbonyl (C=O) groups is 1. The Morgan fingerprint density at radius 3 is 2.54 bits per heavy atom. The van der Waals surface area contributed by atoms with Crippen molar-refractivity contribution in [1.29, 1.82) is 0 Å². The summed E-state index contributed by atoms with van der Waals surface area (Å²) in [5.74, 6) is 0. The molecule has 2 amide bonds. The number of piperidine rings is 1. The first-order valence-electron chi connectivity index (χ1n) is 8.92. The first-order valence-corrected chi connectivity index (χ1v) is 9.29. The van der Waals surface area contributed by atoms with E-state index < -0.39 is 0 Å². The van der Waals surface area contributed by atoms with Crippen molar-refractivity contribution in [2.75, 3.05) is 27.2 Å². The Kier molecular flexibility index (Phi) is 6.12. The van der Waals surface area contributed by atoms with E-state index in [1.807, 2.05) is 48.3 Å². The Bertz CT molecular complexity index is 714. The molecule has 6 heteroatoms. The third-order valence-corrected chi connectivity index (χ3v) is 5.30. The molecule has 138 valence electrons. The van der Waals surface area contributed by atoms with Crippen LogP contribution in [0.5, 0.6) is 0 Å². The monoisotopic (exact) mass is 372 g/mol. The molecule has 0 spiro atoms. The molecule has 1 aliphatic heterocycles. The molecule has 5 nitrogen and oxygen atoms in total. The van der Waals surface area contributed by atoms with Gasteiger partial charge >= 0.3 is 6.03 Å². The van der Waals surface area contributed by atoms with Crippen LogP contribution in [0.15, 0.2) is 48.8 Å².